The minimum atomic E-state index is 0. The summed E-state index contributed by atoms with van der Waals surface area (Å²) in [5, 5.41) is 0. The Morgan fingerprint density at radius 3 is 1.43 bits per heavy atom. The van der Waals surface area contributed by atoms with E-state index in [-0.39, 0.29) is 24.8 Å². The molecule has 0 amide bonds. The van der Waals surface area contributed by atoms with Crippen molar-refractivity contribution in [3.63, 3.8) is 0 Å². The molecule has 2 atom stereocenters. The van der Waals surface area contributed by atoms with Gasteiger partial charge in [-0.25, -0.2) is 0 Å². The molecule has 0 nitrogen and oxygen atoms in total. The Hall–Kier alpha value is -1.96. The van der Waals surface area contributed by atoms with Crippen molar-refractivity contribution in [1.82, 2.24) is 0 Å². The summed E-state index contributed by atoms with van der Waals surface area (Å²) in [4.78, 5) is 3.25. The fourth-order valence-electron chi connectivity index (χ4n) is 3.94. The van der Waals surface area contributed by atoms with E-state index < -0.39 is 0 Å². The molecule has 0 spiro atoms. The van der Waals surface area contributed by atoms with Crippen LogP contribution in [0.1, 0.15) is 34.1 Å². The Kier molecular flexibility index (Phi) is 9.27. The summed E-state index contributed by atoms with van der Waals surface area (Å²) in [6, 6.07) is 16.9. The molecular formula is C27H20Cl2Ti-2. The van der Waals surface area contributed by atoms with Crippen LogP contribution in [0.4, 0.5) is 0 Å². The SMILES string of the molecule is [C-]1=C2C=CC=CC2c2ccccc21.[C-]1=C2C=CC=CC2c2ccccc21.[CH2]=[Ti+2].[Cl-].[Cl-]. The molecule has 30 heavy (non-hydrogen) atoms. The molecule has 0 saturated carbocycles. The van der Waals surface area contributed by atoms with Crippen LogP contribution in [0.3, 0.4) is 0 Å². The zero-order valence-corrected chi connectivity index (χ0v) is 19.4. The summed E-state index contributed by atoms with van der Waals surface area (Å²) in [5.74, 6) is 0.919. The average molecular weight is 463 g/mol. The average Bonchev–Trinajstić information content (AvgIpc) is 3.34. The van der Waals surface area contributed by atoms with Crippen LogP contribution in [0.15, 0.2) is 108 Å². The first-order chi connectivity index (χ1) is 13.9. The van der Waals surface area contributed by atoms with Crippen molar-refractivity contribution in [2.75, 3.05) is 0 Å². The van der Waals surface area contributed by atoms with Crippen molar-refractivity contribution >= 4 is 4.82 Å². The summed E-state index contributed by atoms with van der Waals surface area (Å²) in [6.07, 6.45) is 23.9. The number of hydrogen-bond acceptors (Lipinski definition) is 0. The first-order valence-corrected chi connectivity index (χ1v) is 10.5. The third-order valence-electron chi connectivity index (χ3n) is 5.20. The molecule has 0 fully saturated rings. The fourth-order valence-corrected chi connectivity index (χ4v) is 3.94. The van der Waals surface area contributed by atoms with Gasteiger partial charge in [0.2, 0.25) is 0 Å². The Morgan fingerprint density at radius 1 is 0.600 bits per heavy atom. The van der Waals surface area contributed by atoms with Crippen LogP contribution in [0.25, 0.3) is 0 Å². The van der Waals surface area contributed by atoms with Crippen LogP contribution in [0.5, 0.6) is 0 Å². The first-order valence-electron chi connectivity index (χ1n) is 9.41. The third kappa shape index (κ3) is 4.85. The molecule has 0 aromatic heterocycles. The van der Waals surface area contributed by atoms with E-state index in [2.05, 4.69) is 114 Å². The van der Waals surface area contributed by atoms with Crippen LogP contribution in [0, 0.1) is 12.2 Å². The molecule has 4 aliphatic rings. The Labute approximate surface area is 203 Å². The summed E-state index contributed by atoms with van der Waals surface area (Å²) >= 11 is 1.75. The van der Waals surface area contributed by atoms with Gasteiger partial charge in [0.25, 0.3) is 0 Å². The second kappa shape index (κ2) is 11.4. The van der Waals surface area contributed by atoms with Gasteiger partial charge in [-0.15, -0.1) is 106 Å². The largest absolute Gasteiger partial charge is 1.00 e. The molecule has 0 saturated heterocycles. The van der Waals surface area contributed by atoms with Gasteiger partial charge in [-0.05, 0) is 11.8 Å². The second-order valence-corrected chi connectivity index (χ2v) is 6.78. The van der Waals surface area contributed by atoms with Crippen molar-refractivity contribution in [3.8, 4) is 0 Å². The molecule has 2 aromatic carbocycles. The Bertz CT molecular complexity index is 984. The molecule has 0 heterocycles. The van der Waals surface area contributed by atoms with Gasteiger partial charge >= 0.3 is 24.8 Å². The van der Waals surface area contributed by atoms with E-state index in [1.807, 2.05) is 0 Å². The van der Waals surface area contributed by atoms with Crippen molar-refractivity contribution in [2.45, 2.75) is 11.8 Å². The smallest absolute Gasteiger partial charge is 1.00 e. The van der Waals surface area contributed by atoms with Gasteiger partial charge < -0.3 is 24.8 Å². The summed E-state index contributed by atoms with van der Waals surface area (Å²) < 4.78 is 0. The maximum atomic E-state index is 3.42. The molecule has 0 N–H and O–H groups in total. The van der Waals surface area contributed by atoms with Crippen molar-refractivity contribution in [1.29, 1.82) is 0 Å². The van der Waals surface area contributed by atoms with Crippen LogP contribution >= 0.6 is 0 Å². The van der Waals surface area contributed by atoms with Gasteiger partial charge in [0.1, 0.15) is 0 Å². The van der Waals surface area contributed by atoms with Crippen LogP contribution in [-0.4, -0.2) is 4.82 Å². The van der Waals surface area contributed by atoms with Gasteiger partial charge in [0, 0.05) is 0 Å². The summed E-state index contributed by atoms with van der Waals surface area (Å²) in [6.45, 7) is 0. The number of hydrogen-bond donors (Lipinski definition) is 0. The number of allylic oxidation sites excluding steroid dienone is 10. The van der Waals surface area contributed by atoms with E-state index in [0.29, 0.717) is 11.8 Å². The minimum absolute atomic E-state index is 0. The number of halogens is 2. The van der Waals surface area contributed by atoms with E-state index in [1.165, 1.54) is 33.4 Å². The van der Waals surface area contributed by atoms with Crippen molar-refractivity contribution in [3.05, 3.63) is 143 Å². The van der Waals surface area contributed by atoms with Crippen molar-refractivity contribution < 1.29 is 44.8 Å². The molecule has 4 aliphatic carbocycles. The van der Waals surface area contributed by atoms with E-state index in [4.69, 9.17) is 0 Å². The topological polar surface area (TPSA) is 0 Å². The van der Waals surface area contributed by atoms with Crippen molar-refractivity contribution in [2.24, 2.45) is 0 Å². The first kappa shape index (κ1) is 24.3. The normalized spacial score (nSPS) is 19.7. The number of fused-ring (bicyclic) bond motifs is 6. The monoisotopic (exact) mass is 462 g/mol. The maximum absolute atomic E-state index is 3.42. The molecule has 6 rings (SSSR count). The van der Waals surface area contributed by atoms with Gasteiger partial charge in [-0.2, -0.15) is 0 Å². The van der Waals surface area contributed by atoms with Gasteiger partial charge in [0.05, 0.1) is 0 Å². The van der Waals surface area contributed by atoms with Gasteiger partial charge in [0.15, 0.2) is 0 Å². The Morgan fingerprint density at radius 2 is 1.00 bits per heavy atom. The van der Waals surface area contributed by atoms with Gasteiger partial charge in [-0.3, -0.25) is 0 Å². The summed E-state index contributed by atoms with van der Waals surface area (Å²) in [5.41, 5.74) is 7.86. The van der Waals surface area contributed by atoms with E-state index in [0.717, 1.165) is 0 Å². The zero-order chi connectivity index (χ0) is 19.3. The molecule has 0 radical (unpaired) electrons. The van der Waals surface area contributed by atoms with E-state index >= 15 is 0 Å². The number of benzene rings is 2. The molecule has 3 heteroatoms. The van der Waals surface area contributed by atoms with Crippen LogP contribution in [-0.2, 0) is 20.0 Å². The van der Waals surface area contributed by atoms with Gasteiger partial charge in [-0.1, -0.05) is 36.4 Å². The van der Waals surface area contributed by atoms with Crippen LogP contribution < -0.4 is 24.8 Å². The van der Waals surface area contributed by atoms with Crippen LogP contribution in [0.2, 0.25) is 0 Å². The zero-order valence-electron chi connectivity index (χ0n) is 16.4. The van der Waals surface area contributed by atoms with E-state index in [9.17, 15) is 0 Å². The molecular weight excluding hydrogens is 443 g/mol. The summed E-state index contributed by atoms with van der Waals surface area (Å²) in [7, 11) is 0. The standard InChI is InChI=1S/2C13H9.CH2.2ClH.Ti/c2*1-3-7-12-10(5-1)9-11-6-2-4-8-13(11)12;;;;/h2*1-8,12H;1H2;2*1H;/q2*-1;;;;+2/p-2. The maximum Gasteiger partial charge on any atom is -1.00 e. The molecule has 0 aliphatic heterocycles. The quantitative estimate of drug-likeness (QED) is 0.380. The third-order valence-corrected chi connectivity index (χ3v) is 5.20. The second-order valence-electron chi connectivity index (χ2n) is 6.78. The molecule has 2 unspecified atom stereocenters. The minimum Gasteiger partial charge on any atom is -1.00 e. The van der Waals surface area contributed by atoms with E-state index in [1.54, 1.807) is 20.0 Å². The fraction of sp³-hybridized carbons (Fsp3) is 0.0741. The predicted molar refractivity (Wildman–Crippen MR) is 114 cm³/mol. The number of rotatable bonds is 0. The molecule has 0 bridgehead atoms. The molecule has 148 valence electrons. The molecule has 2 aromatic rings. The predicted octanol–water partition coefficient (Wildman–Crippen LogP) is -0.0518. The Balaban J connectivity index is 0.000000186.